The number of hydrogen-bond acceptors (Lipinski definition) is 2. The van der Waals surface area contributed by atoms with E-state index in [1.54, 1.807) is 6.20 Å². The molecule has 0 aliphatic rings. The standard InChI is InChI=1S/C19H17ClN4O/c1-11(13-7-16-15(22-10-13)5-6-21-16)23-19(25)18-8-12-3-4-14(20)9-17(12)24(18)2/h3-11,21H,1-2H3,(H,23,25). The van der Waals surface area contributed by atoms with Crippen LogP contribution in [0.5, 0.6) is 0 Å². The second kappa shape index (κ2) is 5.93. The molecule has 0 fully saturated rings. The molecule has 1 amide bonds. The summed E-state index contributed by atoms with van der Waals surface area (Å²) in [7, 11) is 1.87. The van der Waals surface area contributed by atoms with Crippen LogP contribution in [0.2, 0.25) is 5.02 Å². The number of pyridine rings is 1. The lowest BCUT2D eigenvalue weighted by atomic mass is 10.1. The molecule has 25 heavy (non-hydrogen) atoms. The lowest BCUT2D eigenvalue weighted by Gasteiger charge is -2.14. The van der Waals surface area contributed by atoms with Gasteiger partial charge in [0.15, 0.2) is 0 Å². The Labute approximate surface area is 149 Å². The van der Waals surface area contributed by atoms with E-state index in [1.807, 2.05) is 61.1 Å². The van der Waals surface area contributed by atoms with E-state index in [0.29, 0.717) is 10.7 Å². The van der Waals surface area contributed by atoms with E-state index in [2.05, 4.69) is 15.3 Å². The molecule has 0 bridgehead atoms. The van der Waals surface area contributed by atoms with Crippen molar-refractivity contribution >= 4 is 39.4 Å². The summed E-state index contributed by atoms with van der Waals surface area (Å²) >= 11 is 6.06. The number of carbonyl (C=O) groups excluding carboxylic acids is 1. The molecule has 6 heteroatoms. The molecular weight excluding hydrogens is 336 g/mol. The summed E-state index contributed by atoms with van der Waals surface area (Å²) in [5, 5.41) is 4.68. The number of fused-ring (bicyclic) bond motifs is 2. The van der Waals surface area contributed by atoms with Gasteiger partial charge in [-0.1, -0.05) is 17.7 Å². The fourth-order valence-electron chi connectivity index (χ4n) is 3.06. The van der Waals surface area contributed by atoms with Gasteiger partial charge < -0.3 is 14.9 Å². The topological polar surface area (TPSA) is 62.7 Å². The Morgan fingerprint density at radius 3 is 2.96 bits per heavy atom. The van der Waals surface area contributed by atoms with Crippen LogP contribution in [0.4, 0.5) is 0 Å². The molecule has 1 aromatic carbocycles. The smallest absolute Gasteiger partial charge is 0.268 e. The quantitative estimate of drug-likeness (QED) is 0.580. The van der Waals surface area contributed by atoms with Gasteiger partial charge in [-0.05, 0) is 42.8 Å². The molecule has 0 spiro atoms. The van der Waals surface area contributed by atoms with Crippen molar-refractivity contribution in [3.63, 3.8) is 0 Å². The molecule has 3 heterocycles. The van der Waals surface area contributed by atoms with Crippen LogP contribution in [0.1, 0.15) is 29.0 Å². The largest absolute Gasteiger partial charge is 0.360 e. The summed E-state index contributed by atoms with van der Waals surface area (Å²) in [4.78, 5) is 20.3. The number of rotatable bonds is 3. The molecule has 3 aromatic heterocycles. The Balaban J connectivity index is 1.61. The minimum Gasteiger partial charge on any atom is -0.360 e. The zero-order chi connectivity index (χ0) is 17.6. The first-order valence-corrected chi connectivity index (χ1v) is 8.39. The summed E-state index contributed by atoms with van der Waals surface area (Å²) in [5.74, 6) is -0.131. The summed E-state index contributed by atoms with van der Waals surface area (Å²) in [5.41, 5.74) is 4.34. The second-order valence-electron chi connectivity index (χ2n) is 6.17. The molecule has 0 aliphatic heterocycles. The zero-order valence-electron chi connectivity index (χ0n) is 13.9. The van der Waals surface area contributed by atoms with Gasteiger partial charge in [0.25, 0.3) is 5.91 Å². The maximum atomic E-state index is 12.7. The van der Waals surface area contributed by atoms with Gasteiger partial charge in [-0.3, -0.25) is 9.78 Å². The third-order valence-electron chi connectivity index (χ3n) is 4.51. The van der Waals surface area contributed by atoms with E-state index in [9.17, 15) is 4.79 Å². The normalized spacial score (nSPS) is 12.6. The van der Waals surface area contributed by atoms with Gasteiger partial charge in [0.05, 0.1) is 17.1 Å². The number of hydrogen-bond donors (Lipinski definition) is 2. The van der Waals surface area contributed by atoms with Gasteiger partial charge in [0, 0.05) is 35.4 Å². The van der Waals surface area contributed by atoms with Crippen molar-refractivity contribution in [3.8, 4) is 0 Å². The van der Waals surface area contributed by atoms with Crippen LogP contribution in [0, 0.1) is 0 Å². The predicted octanol–water partition coefficient (Wildman–Crippen LogP) is 4.20. The van der Waals surface area contributed by atoms with Crippen LogP contribution in [0.25, 0.3) is 21.9 Å². The van der Waals surface area contributed by atoms with Gasteiger partial charge in [-0.2, -0.15) is 0 Å². The number of nitrogens with zero attached hydrogens (tertiary/aromatic N) is 2. The molecule has 126 valence electrons. The van der Waals surface area contributed by atoms with E-state index < -0.39 is 0 Å². The lowest BCUT2D eigenvalue weighted by molar-refractivity contribution is 0.0932. The Kier molecular flexibility index (Phi) is 3.73. The van der Waals surface area contributed by atoms with Crippen molar-refractivity contribution in [2.75, 3.05) is 0 Å². The third kappa shape index (κ3) is 2.76. The minimum absolute atomic E-state index is 0.131. The molecule has 4 rings (SSSR count). The highest BCUT2D eigenvalue weighted by molar-refractivity contribution is 6.31. The number of H-pyrrole nitrogens is 1. The zero-order valence-corrected chi connectivity index (χ0v) is 14.6. The van der Waals surface area contributed by atoms with E-state index in [4.69, 9.17) is 11.6 Å². The number of halogens is 1. The molecule has 0 saturated carbocycles. The van der Waals surface area contributed by atoms with Crippen LogP contribution < -0.4 is 5.32 Å². The SMILES string of the molecule is CC(NC(=O)c1cc2ccc(Cl)cc2n1C)c1cnc2cc[nH]c2c1. The Morgan fingerprint density at radius 2 is 2.12 bits per heavy atom. The Hall–Kier alpha value is -2.79. The maximum absolute atomic E-state index is 12.7. The van der Waals surface area contributed by atoms with Gasteiger partial charge in [0.2, 0.25) is 0 Å². The molecule has 0 radical (unpaired) electrons. The van der Waals surface area contributed by atoms with Crippen molar-refractivity contribution in [2.24, 2.45) is 7.05 Å². The van der Waals surface area contributed by atoms with Gasteiger partial charge >= 0.3 is 0 Å². The highest BCUT2D eigenvalue weighted by Crippen LogP contribution is 2.23. The number of carbonyl (C=O) groups is 1. The molecule has 5 nitrogen and oxygen atoms in total. The highest BCUT2D eigenvalue weighted by Gasteiger charge is 2.17. The maximum Gasteiger partial charge on any atom is 0.268 e. The summed E-state index contributed by atoms with van der Waals surface area (Å²) in [6.07, 6.45) is 3.65. The molecule has 1 atom stereocenters. The Bertz CT molecular complexity index is 1100. The molecule has 4 aromatic rings. The summed E-state index contributed by atoms with van der Waals surface area (Å²) in [6, 6.07) is 11.2. The number of nitrogens with one attached hydrogen (secondary N) is 2. The van der Waals surface area contributed by atoms with E-state index in [-0.39, 0.29) is 11.9 Å². The van der Waals surface area contributed by atoms with Crippen LogP contribution in [0.15, 0.2) is 48.8 Å². The van der Waals surface area contributed by atoms with Gasteiger partial charge in [-0.25, -0.2) is 0 Å². The van der Waals surface area contributed by atoms with Gasteiger partial charge in [0.1, 0.15) is 5.69 Å². The number of benzene rings is 1. The summed E-state index contributed by atoms with van der Waals surface area (Å²) in [6.45, 7) is 1.95. The van der Waals surface area contributed by atoms with Gasteiger partial charge in [-0.15, -0.1) is 0 Å². The molecule has 0 saturated heterocycles. The van der Waals surface area contributed by atoms with Crippen LogP contribution in [-0.2, 0) is 7.05 Å². The average Bonchev–Trinajstić information content (AvgIpc) is 3.19. The predicted molar refractivity (Wildman–Crippen MR) is 99.9 cm³/mol. The van der Waals surface area contributed by atoms with E-state index in [0.717, 1.165) is 27.5 Å². The number of aryl methyl sites for hydroxylation is 1. The van der Waals surface area contributed by atoms with E-state index in [1.165, 1.54) is 0 Å². The van der Waals surface area contributed by atoms with Crippen molar-refractivity contribution < 1.29 is 4.79 Å². The van der Waals surface area contributed by atoms with Crippen molar-refractivity contribution in [3.05, 3.63) is 65.1 Å². The van der Waals surface area contributed by atoms with Crippen molar-refractivity contribution in [1.82, 2.24) is 19.9 Å². The number of aromatic amines is 1. The highest BCUT2D eigenvalue weighted by atomic mass is 35.5. The van der Waals surface area contributed by atoms with E-state index >= 15 is 0 Å². The minimum atomic E-state index is -0.158. The molecule has 2 N–H and O–H groups in total. The molecular formula is C19H17ClN4O. The fraction of sp³-hybridized carbons (Fsp3) is 0.158. The average molecular weight is 353 g/mol. The first-order valence-electron chi connectivity index (χ1n) is 8.02. The second-order valence-corrected chi connectivity index (χ2v) is 6.60. The van der Waals surface area contributed by atoms with Crippen LogP contribution >= 0.6 is 11.6 Å². The first kappa shape index (κ1) is 15.7. The van der Waals surface area contributed by atoms with Crippen molar-refractivity contribution in [2.45, 2.75) is 13.0 Å². The van der Waals surface area contributed by atoms with Crippen LogP contribution in [0.3, 0.4) is 0 Å². The third-order valence-corrected chi connectivity index (χ3v) is 4.74. The number of amides is 1. The Morgan fingerprint density at radius 1 is 1.28 bits per heavy atom. The summed E-state index contributed by atoms with van der Waals surface area (Å²) < 4.78 is 1.86. The van der Waals surface area contributed by atoms with Crippen molar-refractivity contribution in [1.29, 1.82) is 0 Å². The number of aromatic nitrogens is 3. The first-order chi connectivity index (χ1) is 12.0. The lowest BCUT2D eigenvalue weighted by Crippen LogP contribution is -2.28. The van der Waals surface area contributed by atoms with Crippen LogP contribution in [-0.4, -0.2) is 20.4 Å². The monoisotopic (exact) mass is 352 g/mol. The molecule has 1 unspecified atom stereocenters. The fourth-order valence-corrected chi connectivity index (χ4v) is 3.23. The molecule has 0 aliphatic carbocycles.